The first-order valence-electron chi connectivity index (χ1n) is 6.86. The second kappa shape index (κ2) is 6.37. The lowest BCUT2D eigenvalue weighted by Crippen LogP contribution is -2.49. The molecule has 1 aromatic rings. The summed E-state index contributed by atoms with van der Waals surface area (Å²) in [4.78, 5) is 24.5. The van der Waals surface area contributed by atoms with E-state index >= 15 is 0 Å². The Morgan fingerprint density at radius 2 is 2.10 bits per heavy atom. The average molecular weight is 296 g/mol. The van der Waals surface area contributed by atoms with Crippen LogP contribution < -0.4 is 11.1 Å². The molecule has 0 bridgehead atoms. The van der Waals surface area contributed by atoms with Crippen molar-refractivity contribution in [2.75, 3.05) is 6.54 Å². The molecule has 1 unspecified atom stereocenters. The Hall–Kier alpha value is -1.40. The summed E-state index contributed by atoms with van der Waals surface area (Å²) in [6.45, 7) is 0.273. The number of thiophene rings is 1. The zero-order chi connectivity index (χ0) is 14.6. The minimum Gasteiger partial charge on any atom is -0.479 e. The fourth-order valence-corrected chi connectivity index (χ4v) is 3.51. The van der Waals surface area contributed by atoms with Gasteiger partial charge in [-0.1, -0.05) is 25.3 Å². The first kappa shape index (κ1) is 15.0. The van der Waals surface area contributed by atoms with E-state index in [-0.39, 0.29) is 12.5 Å². The number of carbonyl (C=O) groups excluding carboxylic acids is 1. The first-order chi connectivity index (χ1) is 9.59. The molecule has 0 aromatic carbocycles. The maximum Gasteiger partial charge on any atom is 0.331 e. The standard InChI is InChI=1S/C14H20N2O3S/c15-9-14(6-2-1-3-7-14)13(19)16-11(12(17)18)10-5-4-8-20-10/h4-5,8,11H,1-3,6-7,9,15H2,(H,16,19)(H,17,18). The summed E-state index contributed by atoms with van der Waals surface area (Å²) in [6.07, 6.45) is 4.54. The van der Waals surface area contributed by atoms with Gasteiger partial charge in [-0.15, -0.1) is 11.3 Å². The highest BCUT2D eigenvalue weighted by Gasteiger charge is 2.40. The largest absolute Gasteiger partial charge is 0.479 e. The van der Waals surface area contributed by atoms with E-state index in [2.05, 4.69) is 5.32 Å². The van der Waals surface area contributed by atoms with Crippen LogP contribution in [0.4, 0.5) is 0 Å². The van der Waals surface area contributed by atoms with Crippen molar-refractivity contribution in [3.05, 3.63) is 22.4 Å². The SMILES string of the molecule is NCC1(C(=O)NC(C(=O)O)c2cccs2)CCCCC1. The van der Waals surface area contributed by atoms with Gasteiger partial charge in [0.2, 0.25) is 5.91 Å². The van der Waals surface area contributed by atoms with Crippen LogP contribution in [-0.4, -0.2) is 23.5 Å². The second-order valence-corrected chi connectivity index (χ2v) is 6.28. The highest BCUT2D eigenvalue weighted by atomic mass is 32.1. The molecule has 6 heteroatoms. The van der Waals surface area contributed by atoms with Gasteiger partial charge in [0.05, 0.1) is 5.41 Å². The van der Waals surface area contributed by atoms with E-state index in [1.54, 1.807) is 17.5 Å². The molecule has 1 heterocycles. The van der Waals surface area contributed by atoms with Crippen LogP contribution in [0.2, 0.25) is 0 Å². The summed E-state index contributed by atoms with van der Waals surface area (Å²) >= 11 is 1.33. The number of nitrogens with one attached hydrogen (secondary N) is 1. The molecule has 1 aliphatic rings. The minimum absolute atomic E-state index is 0.222. The van der Waals surface area contributed by atoms with Crippen molar-refractivity contribution in [2.45, 2.75) is 38.1 Å². The lowest BCUT2D eigenvalue weighted by Gasteiger charge is -2.35. The summed E-state index contributed by atoms with van der Waals surface area (Å²) in [5.41, 5.74) is 5.21. The van der Waals surface area contributed by atoms with Crippen LogP contribution in [0.3, 0.4) is 0 Å². The summed E-state index contributed by atoms with van der Waals surface area (Å²) in [6, 6.07) is 2.52. The Morgan fingerprint density at radius 3 is 2.60 bits per heavy atom. The minimum atomic E-state index is -1.04. The average Bonchev–Trinajstić information content (AvgIpc) is 2.98. The van der Waals surface area contributed by atoms with Crippen molar-refractivity contribution < 1.29 is 14.7 Å². The van der Waals surface area contributed by atoms with E-state index in [1.165, 1.54) is 11.3 Å². The molecule has 2 rings (SSSR count). The lowest BCUT2D eigenvalue weighted by molar-refractivity contribution is -0.144. The van der Waals surface area contributed by atoms with Crippen molar-refractivity contribution in [1.82, 2.24) is 5.32 Å². The fraction of sp³-hybridized carbons (Fsp3) is 0.571. The number of carbonyl (C=O) groups is 2. The fourth-order valence-electron chi connectivity index (χ4n) is 2.75. The Morgan fingerprint density at radius 1 is 1.40 bits per heavy atom. The molecule has 1 amide bonds. The van der Waals surface area contributed by atoms with Gasteiger partial charge >= 0.3 is 5.97 Å². The van der Waals surface area contributed by atoms with Crippen molar-refractivity contribution >= 4 is 23.2 Å². The van der Waals surface area contributed by atoms with Gasteiger partial charge in [-0.25, -0.2) is 4.79 Å². The molecule has 1 aromatic heterocycles. The third kappa shape index (κ3) is 3.02. The molecule has 110 valence electrons. The molecule has 0 aliphatic heterocycles. The molecule has 4 N–H and O–H groups in total. The number of aliphatic carboxylic acids is 1. The van der Waals surface area contributed by atoms with Crippen LogP contribution >= 0.6 is 11.3 Å². The van der Waals surface area contributed by atoms with Crippen LogP contribution in [0, 0.1) is 5.41 Å². The molecular weight excluding hydrogens is 276 g/mol. The van der Waals surface area contributed by atoms with Crippen LogP contribution in [0.1, 0.15) is 43.0 Å². The van der Waals surface area contributed by atoms with Gasteiger partial charge in [0.1, 0.15) is 0 Å². The van der Waals surface area contributed by atoms with Gasteiger partial charge in [0.15, 0.2) is 6.04 Å². The maximum atomic E-state index is 12.5. The van der Waals surface area contributed by atoms with Crippen LogP contribution in [0.25, 0.3) is 0 Å². The highest BCUT2D eigenvalue weighted by Crippen LogP contribution is 2.36. The number of hydrogen-bond donors (Lipinski definition) is 3. The number of hydrogen-bond acceptors (Lipinski definition) is 4. The number of nitrogens with two attached hydrogens (primary N) is 1. The third-order valence-corrected chi connectivity index (χ3v) is 4.97. The molecule has 0 saturated heterocycles. The quantitative estimate of drug-likeness (QED) is 0.773. The Kier molecular flexibility index (Phi) is 4.77. The van der Waals surface area contributed by atoms with E-state index in [1.807, 2.05) is 0 Å². The lowest BCUT2D eigenvalue weighted by atomic mass is 9.73. The van der Waals surface area contributed by atoms with Gasteiger partial charge in [-0.3, -0.25) is 4.79 Å². The van der Waals surface area contributed by atoms with E-state index in [4.69, 9.17) is 5.73 Å². The van der Waals surface area contributed by atoms with Gasteiger partial charge in [0, 0.05) is 11.4 Å². The van der Waals surface area contributed by atoms with Gasteiger partial charge in [0.25, 0.3) is 0 Å². The van der Waals surface area contributed by atoms with Crippen LogP contribution in [0.5, 0.6) is 0 Å². The monoisotopic (exact) mass is 296 g/mol. The Balaban J connectivity index is 2.13. The number of carboxylic acids is 1. The van der Waals surface area contributed by atoms with Crippen LogP contribution in [-0.2, 0) is 9.59 Å². The second-order valence-electron chi connectivity index (χ2n) is 5.31. The van der Waals surface area contributed by atoms with Crippen molar-refractivity contribution in [3.63, 3.8) is 0 Å². The predicted molar refractivity (Wildman–Crippen MR) is 77.4 cm³/mol. The van der Waals surface area contributed by atoms with Crippen molar-refractivity contribution in [1.29, 1.82) is 0 Å². The summed E-state index contributed by atoms with van der Waals surface area (Å²) in [7, 11) is 0. The van der Waals surface area contributed by atoms with E-state index in [0.29, 0.717) is 4.88 Å². The molecule has 5 nitrogen and oxygen atoms in total. The summed E-state index contributed by atoms with van der Waals surface area (Å²) in [5.74, 6) is -1.26. The Bertz CT molecular complexity index is 467. The van der Waals surface area contributed by atoms with E-state index < -0.39 is 17.4 Å². The maximum absolute atomic E-state index is 12.5. The van der Waals surface area contributed by atoms with Gasteiger partial charge < -0.3 is 16.2 Å². The third-order valence-electron chi connectivity index (χ3n) is 4.03. The molecule has 0 radical (unpaired) electrons. The topological polar surface area (TPSA) is 92.4 Å². The molecular formula is C14H20N2O3S. The molecule has 1 atom stereocenters. The normalized spacial score (nSPS) is 19.2. The summed E-state index contributed by atoms with van der Waals surface area (Å²) < 4.78 is 0. The smallest absolute Gasteiger partial charge is 0.331 e. The van der Waals surface area contributed by atoms with Crippen LogP contribution in [0.15, 0.2) is 17.5 Å². The van der Waals surface area contributed by atoms with E-state index in [9.17, 15) is 14.7 Å². The molecule has 1 fully saturated rings. The number of rotatable bonds is 5. The number of amides is 1. The Labute approximate surface area is 122 Å². The number of carboxylic acid groups (broad SMARTS) is 1. The molecule has 1 saturated carbocycles. The van der Waals surface area contributed by atoms with Gasteiger partial charge in [-0.2, -0.15) is 0 Å². The predicted octanol–water partition coefficient (Wildman–Crippen LogP) is 1.90. The van der Waals surface area contributed by atoms with Crippen molar-refractivity contribution in [3.8, 4) is 0 Å². The first-order valence-corrected chi connectivity index (χ1v) is 7.74. The zero-order valence-corrected chi connectivity index (χ0v) is 12.1. The summed E-state index contributed by atoms with van der Waals surface area (Å²) in [5, 5.41) is 13.8. The highest BCUT2D eigenvalue weighted by molar-refractivity contribution is 7.10. The van der Waals surface area contributed by atoms with E-state index in [0.717, 1.165) is 32.1 Å². The molecule has 0 spiro atoms. The zero-order valence-electron chi connectivity index (χ0n) is 11.3. The van der Waals surface area contributed by atoms with Crippen molar-refractivity contribution in [2.24, 2.45) is 11.1 Å². The van der Waals surface area contributed by atoms with Gasteiger partial charge in [-0.05, 0) is 24.3 Å². The molecule has 1 aliphatic carbocycles. The molecule has 20 heavy (non-hydrogen) atoms.